The molecule has 0 aromatic carbocycles. The minimum Gasteiger partial charge on any atom is -0.383 e. The highest BCUT2D eigenvalue weighted by molar-refractivity contribution is 4.93. The fraction of sp³-hybridized carbons (Fsp3) is 0.750. The summed E-state index contributed by atoms with van der Waals surface area (Å²) < 4.78 is 14.9. The van der Waals surface area contributed by atoms with Gasteiger partial charge in [-0.05, 0) is 6.92 Å². The fourth-order valence-corrected chi connectivity index (χ4v) is 0.919. The zero-order valence-corrected chi connectivity index (χ0v) is 8.56. The number of aromatic nitrogens is 2. The predicted octanol–water partition coefficient (Wildman–Crippen LogP) is 0.423. The van der Waals surface area contributed by atoms with Crippen LogP contribution in [0.1, 0.15) is 30.8 Å². The average Bonchev–Trinajstić information content (AvgIpc) is 2.66. The zero-order valence-electron chi connectivity index (χ0n) is 8.56. The molecule has 1 heterocycles. The Balaban J connectivity index is 2.67. The van der Waals surface area contributed by atoms with Gasteiger partial charge in [0, 0.05) is 14.2 Å². The van der Waals surface area contributed by atoms with E-state index >= 15 is 0 Å². The highest BCUT2D eigenvalue weighted by Gasteiger charge is 2.17. The van der Waals surface area contributed by atoms with Crippen LogP contribution in [0.25, 0.3) is 0 Å². The van der Waals surface area contributed by atoms with E-state index in [9.17, 15) is 0 Å². The zero-order chi connectivity index (χ0) is 10.6. The van der Waals surface area contributed by atoms with Crippen LogP contribution in [-0.2, 0) is 9.47 Å². The summed E-state index contributed by atoms with van der Waals surface area (Å²) in [4.78, 5) is 4.09. The summed E-state index contributed by atoms with van der Waals surface area (Å²) in [6.45, 7) is 2.18. The van der Waals surface area contributed by atoms with E-state index < -0.39 is 0 Å². The quantitative estimate of drug-likeness (QED) is 0.743. The van der Waals surface area contributed by atoms with Crippen molar-refractivity contribution in [3.63, 3.8) is 0 Å². The number of nitrogens with zero attached hydrogens (tertiary/aromatic N) is 2. The number of methoxy groups -OCH3 is 2. The summed E-state index contributed by atoms with van der Waals surface area (Å²) in [5, 5.41) is 3.74. The van der Waals surface area contributed by atoms with Crippen molar-refractivity contribution in [1.82, 2.24) is 10.1 Å². The van der Waals surface area contributed by atoms with Crippen molar-refractivity contribution in [1.29, 1.82) is 0 Å². The maximum Gasteiger partial charge on any atom is 0.246 e. The van der Waals surface area contributed by atoms with Crippen molar-refractivity contribution < 1.29 is 14.0 Å². The van der Waals surface area contributed by atoms with Gasteiger partial charge in [-0.3, -0.25) is 0 Å². The van der Waals surface area contributed by atoms with Crippen molar-refractivity contribution in [2.45, 2.75) is 19.1 Å². The van der Waals surface area contributed by atoms with Crippen LogP contribution in [0.3, 0.4) is 0 Å². The number of ether oxygens (including phenoxy) is 2. The summed E-state index contributed by atoms with van der Waals surface area (Å²) in [5.74, 6) is 0.861. The molecule has 2 N–H and O–H groups in total. The third-order valence-electron chi connectivity index (χ3n) is 1.84. The van der Waals surface area contributed by atoms with E-state index in [0.717, 1.165) is 0 Å². The smallest absolute Gasteiger partial charge is 0.246 e. The van der Waals surface area contributed by atoms with E-state index in [0.29, 0.717) is 18.3 Å². The highest BCUT2D eigenvalue weighted by atomic mass is 16.5. The lowest BCUT2D eigenvalue weighted by Gasteiger charge is -2.03. The molecule has 0 amide bonds. The number of rotatable bonds is 5. The first-order valence-electron chi connectivity index (χ1n) is 4.29. The van der Waals surface area contributed by atoms with Crippen LogP contribution in [0.15, 0.2) is 4.52 Å². The van der Waals surface area contributed by atoms with Crippen molar-refractivity contribution in [2.75, 3.05) is 20.8 Å². The molecule has 0 fully saturated rings. The minimum absolute atomic E-state index is 0.192. The summed E-state index contributed by atoms with van der Waals surface area (Å²) >= 11 is 0. The molecule has 2 unspecified atom stereocenters. The molecular formula is C8H15N3O3. The molecule has 0 saturated heterocycles. The maximum absolute atomic E-state index is 5.70. The monoisotopic (exact) mass is 201 g/mol. The van der Waals surface area contributed by atoms with Crippen LogP contribution >= 0.6 is 0 Å². The van der Waals surface area contributed by atoms with Crippen LogP contribution in [0.4, 0.5) is 0 Å². The molecule has 1 aromatic rings. The molecule has 2 atom stereocenters. The van der Waals surface area contributed by atoms with Gasteiger partial charge in [0.05, 0.1) is 6.61 Å². The number of hydrogen-bond donors (Lipinski definition) is 1. The second kappa shape index (κ2) is 5.04. The van der Waals surface area contributed by atoms with Crippen LogP contribution in [-0.4, -0.2) is 31.0 Å². The molecule has 14 heavy (non-hydrogen) atoms. The van der Waals surface area contributed by atoms with Gasteiger partial charge < -0.3 is 19.7 Å². The summed E-state index contributed by atoms with van der Waals surface area (Å²) in [5.41, 5.74) is 5.70. The molecule has 1 aromatic heterocycles. The Morgan fingerprint density at radius 3 is 2.79 bits per heavy atom. The van der Waals surface area contributed by atoms with E-state index in [1.54, 1.807) is 14.2 Å². The van der Waals surface area contributed by atoms with Gasteiger partial charge in [0.15, 0.2) is 5.82 Å². The summed E-state index contributed by atoms with van der Waals surface area (Å²) in [6, 6.07) is -0.384. The summed E-state index contributed by atoms with van der Waals surface area (Å²) in [7, 11) is 3.14. The largest absolute Gasteiger partial charge is 0.383 e. The van der Waals surface area contributed by atoms with Gasteiger partial charge in [0.2, 0.25) is 5.89 Å². The van der Waals surface area contributed by atoms with Gasteiger partial charge in [-0.2, -0.15) is 4.98 Å². The molecule has 0 bridgehead atoms. The Kier molecular flexibility index (Phi) is 3.99. The molecule has 0 saturated carbocycles. The molecule has 0 aliphatic rings. The molecule has 6 heteroatoms. The Morgan fingerprint density at radius 2 is 2.21 bits per heavy atom. The van der Waals surface area contributed by atoms with E-state index in [1.165, 1.54) is 0 Å². The van der Waals surface area contributed by atoms with Crippen molar-refractivity contribution in [3.05, 3.63) is 11.7 Å². The van der Waals surface area contributed by atoms with Gasteiger partial charge in [-0.1, -0.05) is 5.16 Å². The SMILES string of the molecule is COCC(N)c1nc(C(C)OC)no1. The third-order valence-corrected chi connectivity index (χ3v) is 1.84. The fourth-order valence-electron chi connectivity index (χ4n) is 0.919. The molecule has 0 radical (unpaired) electrons. The molecule has 1 rings (SSSR count). The second-order valence-electron chi connectivity index (χ2n) is 2.93. The van der Waals surface area contributed by atoms with Gasteiger partial charge >= 0.3 is 0 Å². The van der Waals surface area contributed by atoms with Gasteiger partial charge in [-0.15, -0.1) is 0 Å². The van der Waals surface area contributed by atoms with Gasteiger partial charge in [0.1, 0.15) is 12.1 Å². The molecule has 80 valence electrons. The lowest BCUT2D eigenvalue weighted by atomic mass is 10.3. The molecular weight excluding hydrogens is 186 g/mol. The van der Waals surface area contributed by atoms with Crippen LogP contribution in [0, 0.1) is 0 Å². The molecule has 0 aliphatic heterocycles. The first-order chi connectivity index (χ1) is 6.69. The first-order valence-corrected chi connectivity index (χ1v) is 4.29. The molecule has 0 spiro atoms. The van der Waals surface area contributed by atoms with Crippen LogP contribution < -0.4 is 5.73 Å². The van der Waals surface area contributed by atoms with E-state index in [4.69, 9.17) is 19.7 Å². The minimum atomic E-state index is -0.384. The molecule has 0 aliphatic carbocycles. The lowest BCUT2D eigenvalue weighted by molar-refractivity contribution is 0.109. The van der Waals surface area contributed by atoms with E-state index in [-0.39, 0.29) is 12.1 Å². The van der Waals surface area contributed by atoms with Crippen LogP contribution in [0.2, 0.25) is 0 Å². The lowest BCUT2D eigenvalue weighted by Crippen LogP contribution is -2.16. The first kappa shape index (κ1) is 11.1. The average molecular weight is 201 g/mol. The van der Waals surface area contributed by atoms with Gasteiger partial charge in [0.25, 0.3) is 0 Å². The Bertz CT molecular complexity index is 277. The Labute approximate surface area is 82.4 Å². The molecule has 6 nitrogen and oxygen atoms in total. The highest BCUT2D eigenvalue weighted by Crippen LogP contribution is 2.14. The number of hydrogen-bond acceptors (Lipinski definition) is 6. The third kappa shape index (κ3) is 2.50. The van der Waals surface area contributed by atoms with Crippen molar-refractivity contribution in [2.24, 2.45) is 5.73 Å². The Morgan fingerprint density at radius 1 is 1.50 bits per heavy atom. The maximum atomic E-state index is 5.70. The van der Waals surface area contributed by atoms with E-state index in [1.807, 2.05) is 6.92 Å². The summed E-state index contributed by atoms with van der Waals surface area (Å²) in [6.07, 6.45) is -0.192. The van der Waals surface area contributed by atoms with Gasteiger partial charge in [-0.25, -0.2) is 0 Å². The Hall–Kier alpha value is -0.980. The standard InChI is InChI=1S/C8H15N3O3/c1-5(13-3)7-10-8(14-11-7)6(9)4-12-2/h5-6H,4,9H2,1-3H3. The van der Waals surface area contributed by atoms with Crippen LogP contribution in [0.5, 0.6) is 0 Å². The second-order valence-corrected chi connectivity index (χ2v) is 2.93. The predicted molar refractivity (Wildman–Crippen MR) is 48.5 cm³/mol. The van der Waals surface area contributed by atoms with E-state index in [2.05, 4.69) is 10.1 Å². The van der Waals surface area contributed by atoms with Crippen molar-refractivity contribution >= 4 is 0 Å². The number of nitrogens with two attached hydrogens (primary N) is 1. The van der Waals surface area contributed by atoms with Crippen molar-refractivity contribution in [3.8, 4) is 0 Å². The topological polar surface area (TPSA) is 83.4 Å². The normalized spacial score (nSPS) is 15.4.